The molecule has 1 saturated heterocycles. The Balaban J connectivity index is 1.97. The van der Waals surface area contributed by atoms with Crippen LogP contribution in [0.25, 0.3) is 0 Å². The molecule has 130 valence electrons. The first kappa shape index (κ1) is 17.5. The van der Waals surface area contributed by atoms with Crippen LogP contribution in [0.3, 0.4) is 0 Å². The zero-order chi connectivity index (χ0) is 18.0. The second-order valence-electron chi connectivity index (χ2n) is 6.21. The summed E-state index contributed by atoms with van der Waals surface area (Å²) in [6, 6.07) is 14.9. The highest BCUT2D eigenvalue weighted by atomic mass is 32.2. The Morgan fingerprint density at radius 3 is 2.12 bits per heavy atom. The minimum Gasteiger partial charge on any atom is -0.467 e. The van der Waals surface area contributed by atoms with E-state index in [-0.39, 0.29) is 17.3 Å². The molecule has 2 aromatic rings. The van der Waals surface area contributed by atoms with Gasteiger partial charge in [0.1, 0.15) is 11.4 Å². The summed E-state index contributed by atoms with van der Waals surface area (Å²) in [5.41, 5.74) is 3.85. The molecule has 0 saturated carbocycles. The van der Waals surface area contributed by atoms with E-state index in [0.29, 0.717) is 11.3 Å². The van der Waals surface area contributed by atoms with Crippen LogP contribution in [0, 0.1) is 13.8 Å². The van der Waals surface area contributed by atoms with Crippen LogP contribution in [0.1, 0.15) is 32.4 Å². The van der Waals surface area contributed by atoms with Crippen molar-refractivity contribution in [2.24, 2.45) is 0 Å². The van der Waals surface area contributed by atoms with Crippen LogP contribution in [-0.2, 0) is 9.53 Å². The Labute approximate surface area is 152 Å². The number of esters is 1. The first-order valence-electron chi connectivity index (χ1n) is 8.16. The van der Waals surface area contributed by atoms with E-state index in [1.54, 1.807) is 28.8 Å². The number of rotatable bonds is 3. The number of hydrogen-bond acceptors (Lipinski definition) is 4. The molecule has 25 heavy (non-hydrogen) atoms. The summed E-state index contributed by atoms with van der Waals surface area (Å²) in [5.74, 6) is 0.0107. The summed E-state index contributed by atoms with van der Waals surface area (Å²) in [4.78, 5) is 27.0. The summed E-state index contributed by atoms with van der Waals surface area (Å²) in [6.07, 6.45) is 0. The maximum atomic E-state index is 13.1. The number of thioether (sulfide) groups is 1. The predicted molar refractivity (Wildman–Crippen MR) is 99.5 cm³/mol. The molecular formula is C20H21NO3S. The number of nitrogens with zero attached hydrogens (tertiary/aromatic N) is 1. The van der Waals surface area contributed by atoms with E-state index in [0.717, 1.165) is 16.7 Å². The number of ether oxygens (including phenoxy) is 1. The fourth-order valence-electron chi connectivity index (χ4n) is 2.91. The molecule has 0 aromatic heterocycles. The molecular weight excluding hydrogens is 334 g/mol. The van der Waals surface area contributed by atoms with Gasteiger partial charge in [0.2, 0.25) is 0 Å². The summed E-state index contributed by atoms with van der Waals surface area (Å²) in [7, 11) is 1.36. The largest absolute Gasteiger partial charge is 0.467 e. The van der Waals surface area contributed by atoms with Gasteiger partial charge < -0.3 is 9.64 Å². The smallest absolute Gasteiger partial charge is 0.329 e. The maximum absolute atomic E-state index is 13.1. The third-order valence-electron chi connectivity index (χ3n) is 4.37. The minimum absolute atomic E-state index is 0.147. The highest BCUT2D eigenvalue weighted by Crippen LogP contribution is 2.42. The average molecular weight is 355 g/mol. The van der Waals surface area contributed by atoms with Gasteiger partial charge in [-0.3, -0.25) is 4.79 Å². The van der Waals surface area contributed by atoms with Crippen molar-refractivity contribution in [3.8, 4) is 0 Å². The quantitative estimate of drug-likeness (QED) is 0.787. The van der Waals surface area contributed by atoms with Crippen LogP contribution < -0.4 is 0 Å². The van der Waals surface area contributed by atoms with Crippen LogP contribution in [-0.4, -0.2) is 35.7 Å². The van der Waals surface area contributed by atoms with Crippen LogP contribution in [0.2, 0.25) is 0 Å². The first-order valence-corrected chi connectivity index (χ1v) is 9.21. The number of methoxy groups -OCH3 is 1. The molecule has 0 bridgehead atoms. The monoisotopic (exact) mass is 355 g/mol. The van der Waals surface area contributed by atoms with Crippen molar-refractivity contribution in [1.29, 1.82) is 0 Å². The van der Waals surface area contributed by atoms with Gasteiger partial charge in [0.25, 0.3) is 5.91 Å². The number of aryl methyl sites for hydroxylation is 2. The Morgan fingerprint density at radius 2 is 1.56 bits per heavy atom. The molecule has 2 aromatic carbocycles. The second-order valence-corrected chi connectivity index (χ2v) is 7.33. The van der Waals surface area contributed by atoms with Gasteiger partial charge in [-0.15, -0.1) is 11.8 Å². The number of benzene rings is 2. The van der Waals surface area contributed by atoms with Crippen LogP contribution >= 0.6 is 11.8 Å². The van der Waals surface area contributed by atoms with Crippen molar-refractivity contribution in [1.82, 2.24) is 4.90 Å². The first-order chi connectivity index (χ1) is 12.0. The fourth-order valence-corrected chi connectivity index (χ4v) is 4.32. The molecule has 0 radical (unpaired) electrons. The van der Waals surface area contributed by atoms with Crippen LogP contribution in [0.5, 0.6) is 0 Å². The molecule has 0 spiro atoms. The average Bonchev–Trinajstić information content (AvgIpc) is 3.06. The Morgan fingerprint density at radius 1 is 1.00 bits per heavy atom. The molecule has 0 N–H and O–H groups in total. The maximum Gasteiger partial charge on any atom is 0.329 e. The summed E-state index contributed by atoms with van der Waals surface area (Å²) in [6.45, 7) is 4.00. The van der Waals surface area contributed by atoms with Gasteiger partial charge in [-0.05, 0) is 31.5 Å². The molecule has 1 aliphatic heterocycles. The van der Waals surface area contributed by atoms with E-state index in [9.17, 15) is 9.59 Å². The molecule has 1 aliphatic rings. The molecule has 0 aliphatic carbocycles. The normalized spacial score (nSPS) is 19.7. The minimum atomic E-state index is -0.574. The zero-order valence-corrected chi connectivity index (χ0v) is 15.4. The van der Waals surface area contributed by atoms with E-state index >= 15 is 0 Å². The Bertz CT molecular complexity index is 771. The highest BCUT2D eigenvalue weighted by Gasteiger charge is 2.43. The van der Waals surface area contributed by atoms with Gasteiger partial charge >= 0.3 is 5.97 Å². The highest BCUT2D eigenvalue weighted by molar-refractivity contribution is 7.99. The molecule has 1 amide bonds. The van der Waals surface area contributed by atoms with E-state index < -0.39 is 6.04 Å². The van der Waals surface area contributed by atoms with Gasteiger partial charge in [0, 0.05) is 11.3 Å². The van der Waals surface area contributed by atoms with Crippen molar-refractivity contribution >= 4 is 23.6 Å². The topological polar surface area (TPSA) is 46.6 Å². The second kappa shape index (κ2) is 7.31. The fraction of sp³-hybridized carbons (Fsp3) is 0.300. The van der Waals surface area contributed by atoms with Crippen molar-refractivity contribution in [3.63, 3.8) is 0 Å². The summed E-state index contributed by atoms with van der Waals surface area (Å²) < 4.78 is 4.93. The Hall–Kier alpha value is -2.27. The number of hydrogen-bond donors (Lipinski definition) is 0. The third kappa shape index (κ3) is 3.56. The van der Waals surface area contributed by atoms with Crippen molar-refractivity contribution < 1.29 is 14.3 Å². The lowest BCUT2D eigenvalue weighted by molar-refractivity contribution is -0.145. The number of carbonyl (C=O) groups is 2. The molecule has 3 rings (SSSR count). The number of amides is 1. The summed E-state index contributed by atoms with van der Waals surface area (Å²) >= 11 is 1.59. The lowest BCUT2D eigenvalue weighted by Crippen LogP contribution is -2.43. The van der Waals surface area contributed by atoms with E-state index in [4.69, 9.17) is 4.74 Å². The van der Waals surface area contributed by atoms with Gasteiger partial charge in [-0.2, -0.15) is 0 Å². The summed E-state index contributed by atoms with van der Waals surface area (Å²) in [5, 5.41) is -0.196. The number of carbonyl (C=O) groups excluding carboxylic acids is 2. The molecule has 2 atom stereocenters. The molecule has 2 unspecified atom stereocenters. The van der Waals surface area contributed by atoms with E-state index in [2.05, 4.69) is 0 Å². The molecule has 1 fully saturated rings. The lowest BCUT2D eigenvalue weighted by atomic mass is 10.1. The predicted octanol–water partition coefficient (Wildman–Crippen LogP) is 3.73. The Kier molecular flexibility index (Phi) is 5.13. The van der Waals surface area contributed by atoms with Crippen molar-refractivity contribution in [2.75, 3.05) is 12.9 Å². The lowest BCUT2D eigenvalue weighted by Gasteiger charge is -2.28. The molecule has 4 nitrogen and oxygen atoms in total. The van der Waals surface area contributed by atoms with Gasteiger partial charge in [0.05, 0.1) is 7.11 Å². The third-order valence-corrected chi connectivity index (χ3v) is 5.69. The van der Waals surface area contributed by atoms with Gasteiger partial charge in [-0.25, -0.2) is 4.79 Å². The van der Waals surface area contributed by atoms with Crippen LogP contribution in [0.4, 0.5) is 0 Å². The SMILES string of the molecule is COC(=O)C1CSC(c2ccc(C)cc2)N1C(=O)c1ccc(C)cc1. The standard InChI is InChI=1S/C20H21NO3S/c1-13-4-8-15(9-5-13)18(22)21-17(20(23)24-3)12-25-19(21)16-10-6-14(2)7-11-16/h4-11,17,19H,12H2,1-3H3. The van der Waals surface area contributed by atoms with Crippen molar-refractivity contribution in [2.45, 2.75) is 25.3 Å². The van der Waals surface area contributed by atoms with Crippen LogP contribution in [0.15, 0.2) is 48.5 Å². The van der Waals surface area contributed by atoms with Crippen molar-refractivity contribution in [3.05, 3.63) is 70.8 Å². The van der Waals surface area contributed by atoms with Gasteiger partial charge in [-0.1, -0.05) is 47.5 Å². The zero-order valence-electron chi connectivity index (χ0n) is 14.6. The van der Waals surface area contributed by atoms with Gasteiger partial charge in [0.15, 0.2) is 0 Å². The van der Waals surface area contributed by atoms with E-state index in [1.165, 1.54) is 7.11 Å². The molecule has 5 heteroatoms. The van der Waals surface area contributed by atoms with E-state index in [1.807, 2.05) is 50.2 Å². The molecule has 1 heterocycles.